The maximum Gasteiger partial charge on any atom is 0.123 e. The van der Waals surface area contributed by atoms with Gasteiger partial charge < -0.3 is 10.2 Å². The molecular weight excluding hydrogens is 240 g/mol. The highest BCUT2D eigenvalue weighted by molar-refractivity contribution is 5.19. The second kappa shape index (κ2) is 7.89. The molecule has 3 nitrogen and oxygen atoms in total. The van der Waals surface area contributed by atoms with Crippen molar-refractivity contribution in [3.05, 3.63) is 0 Å². The summed E-state index contributed by atoms with van der Waals surface area (Å²) in [5.74, 6) is 6.19. The van der Waals surface area contributed by atoms with Crippen LogP contribution < -0.4 is 0 Å². The van der Waals surface area contributed by atoms with Crippen molar-refractivity contribution in [2.45, 2.75) is 71.5 Å². The smallest absolute Gasteiger partial charge is 0.123 e. The highest BCUT2D eigenvalue weighted by Gasteiger charge is 2.23. The zero-order valence-corrected chi connectivity index (χ0v) is 13.0. The normalized spacial score (nSPS) is 19.2. The molecule has 1 radical (unpaired) electrons. The van der Waals surface area contributed by atoms with Crippen LogP contribution in [-0.2, 0) is 5.11 Å². The Morgan fingerprint density at radius 3 is 1.89 bits per heavy atom. The van der Waals surface area contributed by atoms with E-state index in [4.69, 9.17) is 0 Å². The molecule has 0 aliphatic heterocycles. The van der Waals surface area contributed by atoms with Gasteiger partial charge in [-0.1, -0.05) is 32.6 Å². The second-order valence-corrected chi connectivity index (χ2v) is 6.55. The standard InChI is InChI=1S/C16H29O3/c1-13(2)11-15(4,18)8-9-16(5,19)12-14(3)7-6-10-17/h13-14,18-19H,6-7,10-12H2,1-5H3. The monoisotopic (exact) mass is 269 g/mol. The van der Waals surface area contributed by atoms with Crippen molar-refractivity contribution in [1.29, 1.82) is 0 Å². The van der Waals surface area contributed by atoms with Gasteiger partial charge in [-0.3, -0.25) is 0 Å². The third kappa shape index (κ3) is 9.95. The Hall–Kier alpha value is -0.560. The van der Waals surface area contributed by atoms with Crippen molar-refractivity contribution >= 4 is 0 Å². The molecule has 0 rings (SSSR count). The van der Waals surface area contributed by atoms with Crippen molar-refractivity contribution < 1.29 is 15.3 Å². The molecular formula is C16H29O3. The number of hydrogen-bond acceptors (Lipinski definition) is 2. The van der Waals surface area contributed by atoms with E-state index in [1.807, 2.05) is 20.8 Å². The van der Waals surface area contributed by atoms with Crippen LogP contribution in [0.25, 0.3) is 0 Å². The molecule has 3 heteroatoms. The van der Waals surface area contributed by atoms with Crippen LogP contribution in [0.1, 0.15) is 60.3 Å². The molecule has 0 saturated carbocycles. The lowest BCUT2D eigenvalue weighted by molar-refractivity contribution is 0.0816. The third-order valence-corrected chi connectivity index (χ3v) is 2.99. The highest BCUT2D eigenvalue weighted by Crippen LogP contribution is 2.21. The number of hydrogen-bond donors (Lipinski definition) is 2. The van der Waals surface area contributed by atoms with Gasteiger partial charge in [-0.05, 0) is 51.4 Å². The molecule has 0 bridgehead atoms. The lowest BCUT2D eigenvalue weighted by Crippen LogP contribution is -2.28. The van der Waals surface area contributed by atoms with Gasteiger partial charge in [-0.2, -0.15) is 0 Å². The van der Waals surface area contributed by atoms with E-state index >= 15 is 0 Å². The van der Waals surface area contributed by atoms with Gasteiger partial charge in [0.25, 0.3) is 0 Å². The lowest BCUT2D eigenvalue weighted by atomic mass is 9.89. The van der Waals surface area contributed by atoms with Gasteiger partial charge in [-0.25, -0.2) is 5.11 Å². The average Bonchev–Trinajstić information content (AvgIpc) is 2.22. The van der Waals surface area contributed by atoms with Crippen LogP contribution in [0.2, 0.25) is 0 Å². The molecule has 0 aromatic rings. The minimum atomic E-state index is -1.11. The van der Waals surface area contributed by atoms with Gasteiger partial charge in [0.05, 0.1) is 6.61 Å². The first kappa shape index (κ1) is 18.4. The summed E-state index contributed by atoms with van der Waals surface area (Å²) in [4.78, 5) is 0. The van der Waals surface area contributed by atoms with E-state index in [0.717, 1.165) is 6.42 Å². The summed E-state index contributed by atoms with van der Waals surface area (Å²) in [7, 11) is 0. The van der Waals surface area contributed by atoms with Gasteiger partial charge in [0.15, 0.2) is 0 Å². The SMILES string of the molecule is CC(C)CC(C)(O)C#CC(C)(O)CC(C)CCC[O]. The van der Waals surface area contributed by atoms with Crippen molar-refractivity contribution in [2.24, 2.45) is 11.8 Å². The van der Waals surface area contributed by atoms with E-state index in [9.17, 15) is 15.3 Å². The third-order valence-electron chi connectivity index (χ3n) is 2.99. The van der Waals surface area contributed by atoms with E-state index in [1.165, 1.54) is 0 Å². The molecule has 0 aromatic carbocycles. The Morgan fingerprint density at radius 1 is 1.00 bits per heavy atom. The van der Waals surface area contributed by atoms with Crippen LogP contribution in [0, 0.1) is 23.7 Å². The summed E-state index contributed by atoms with van der Waals surface area (Å²) in [6, 6.07) is 0. The average molecular weight is 269 g/mol. The minimum Gasteiger partial charge on any atom is -0.378 e. The van der Waals surface area contributed by atoms with Crippen LogP contribution >= 0.6 is 0 Å². The molecule has 0 aromatic heterocycles. The van der Waals surface area contributed by atoms with Crippen LogP contribution in [0.3, 0.4) is 0 Å². The summed E-state index contributed by atoms with van der Waals surface area (Å²) in [5.41, 5.74) is -2.17. The molecule has 2 N–H and O–H groups in total. The molecule has 19 heavy (non-hydrogen) atoms. The fourth-order valence-corrected chi connectivity index (χ4v) is 2.38. The summed E-state index contributed by atoms with van der Waals surface area (Å²) in [5, 5.41) is 30.8. The molecule has 0 aliphatic rings. The topological polar surface area (TPSA) is 60.4 Å². The van der Waals surface area contributed by atoms with Gasteiger partial charge in [0.1, 0.15) is 11.2 Å². The molecule has 0 fully saturated rings. The van der Waals surface area contributed by atoms with Crippen molar-refractivity contribution in [3.63, 3.8) is 0 Å². The Kier molecular flexibility index (Phi) is 7.66. The second-order valence-electron chi connectivity index (χ2n) is 6.55. The molecule has 3 unspecified atom stereocenters. The first-order chi connectivity index (χ1) is 8.58. The molecule has 0 aliphatic carbocycles. The van der Waals surface area contributed by atoms with Crippen LogP contribution in [0.5, 0.6) is 0 Å². The minimum absolute atomic E-state index is 0.0682. The van der Waals surface area contributed by atoms with Crippen molar-refractivity contribution in [2.75, 3.05) is 6.61 Å². The van der Waals surface area contributed by atoms with E-state index in [0.29, 0.717) is 25.2 Å². The molecule has 0 saturated heterocycles. The van der Waals surface area contributed by atoms with Crippen molar-refractivity contribution in [1.82, 2.24) is 0 Å². The van der Waals surface area contributed by atoms with Gasteiger partial charge >= 0.3 is 0 Å². The van der Waals surface area contributed by atoms with Crippen LogP contribution in [0.4, 0.5) is 0 Å². The lowest BCUT2D eigenvalue weighted by Gasteiger charge is -2.23. The maximum absolute atomic E-state index is 10.4. The Bertz CT molecular complexity index is 308. The highest BCUT2D eigenvalue weighted by atomic mass is 16.3. The molecule has 0 heterocycles. The van der Waals surface area contributed by atoms with Gasteiger partial charge in [0.2, 0.25) is 0 Å². The largest absolute Gasteiger partial charge is 0.378 e. The van der Waals surface area contributed by atoms with Gasteiger partial charge in [0, 0.05) is 0 Å². The Labute approximate surface area is 118 Å². The maximum atomic E-state index is 10.4. The summed E-state index contributed by atoms with van der Waals surface area (Å²) >= 11 is 0. The first-order valence-electron chi connectivity index (χ1n) is 7.15. The van der Waals surface area contributed by atoms with Crippen LogP contribution in [0.15, 0.2) is 0 Å². The molecule has 111 valence electrons. The van der Waals surface area contributed by atoms with E-state index in [2.05, 4.69) is 11.8 Å². The number of rotatable bonds is 7. The fourth-order valence-electron chi connectivity index (χ4n) is 2.38. The quantitative estimate of drug-likeness (QED) is 0.698. The van der Waals surface area contributed by atoms with Gasteiger partial charge in [-0.15, -0.1) is 0 Å². The van der Waals surface area contributed by atoms with E-state index in [1.54, 1.807) is 13.8 Å². The molecule has 3 atom stereocenters. The Balaban J connectivity index is 4.51. The molecule has 0 amide bonds. The Morgan fingerprint density at radius 2 is 1.47 bits per heavy atom. The van der Waals surface area contributed by atoms with Crippen molar-refractivity contribution in [3.8, 4) is 11.8 Å². The molecule has 0 spiro atoms. The predicted molar refractivity (Wildman–Crippen MR) is 77.0 cm³/mol. The first-order valence-corrected chi connectivity index (χ1v) is 7.15. The fraction of sp³-hybridized carbons (Fsp3) is 0.875. The summed E-state index contributed by atoms with van der Waals surface area (Å²) < 4.78 is 0. The summed E-state index contributed by atoms with van der Waals surface area (Å²) in [6.07, 6.45) is 2.55. The summed E-state index contributed by atoms with van der Waals surface area (Å²) in [6.45, 7) is 9.34. The number of aliphatic hydroxyl groups is 2. The van der Waals surface area contributed by atoms with Crippen LogP contribution in [-0.4, -0.2) is 28.0 Å². The zero-order chi connectivity index (χ0) is 15.1. The van der Waals surface area contributed by atoms with E-state index < -0.39 is 11.2 Å². The van der Waals surface area contributed by atoms with E-state index in [-0.39, 0.29) is 12.5 Å². The zero-order valence-electron chi connectivity index (χ0n) is 13.0. The predicted octanol–water partition coefficient (Wildman–Crippen LogP) is 2.77.